The van der Waals surface area contributed by atoms with Gasteiger partial charge in [-0.1, -0.05) is 12.1 Å². The predicted octanol–water partition coefficient (Wildman–Crippen LogP) is 0.691. The maximum Gasteiger partial charge on any atom is 0.0628 e. The average molecular weight is 249 g/mol. The van der Waals surface area contributed by atoms with Gasteiger partial charge in [0.15, 0.2) is 0 Å². The monoisotopic (exact) mass is 249 g/mol. The molecule has 1 aromatic carbocycles. The molecule has 1 heterocycles. The highest BCUT2D eigenvalue weighted by Crippen LogP contribution is 2.23. The predicted molar refractivity (Wildman–Crippen MR) is 75.0 cm³/mol. The van der Waals surface area contributed by atoms with Gasteiger partial charge in [-0.15, -0.1) is 0 Å². The number of nitrogens with zero attached hydrogens (tertiary/aromatic N) is 2. The number of aliphatic hydroxyl groups excluding tert-OH is 1. The molecule has 1 atom stereocenters. The Balaban J connectivity index is 2.11. The van der Waals surface area contributed by atoms with Crippen molar-refractivity contribution in [3.63, 3.8) is 0 Å². The lowest BCUT2D eigenvalue weighted by Crippen LogP contribution is -2.46. The molecule has 0 bridgehead atoms. The highest BCUT2D eigenvalue weighted by atomic mass is 16.3. The van der Waals surface area contributed by atoms with Crippen LogP contribution in [0, 0.1) is 0 Å². The van der Waals surface area contributed by atoms with E-state index in [0.717, 1.165) is 26.2 Å². The summed E-state index contributed by atoms with van der Waals surface area (Å²) in [6.07, 6.45) is 0. The number of piperazine rings is 1. The van der Waals surface area contributed by atoms with Gasteiger partial charge in [0, 0.05) is 46.0 Å². The molecule has 0 aromatic heterocycles. The minimum Gasteiger partial charge on any atom is -0.394 e. The lowest BCUT2D eigenvalue weighted by atomic mass is 10.0. The number of hydrogen-bond donors (Lipinski definition) is 2. The van der Waals surface area contributed by atoms with Gasteiger partial charge in [-0.05, 0) is 17.7 Å². The molecule has 18 heavy (non-hydrogen) atoms. The summed E-state index contributed by atoms with van der Waals surface area (Å²) in [6.45, 7) is 4.20. The SMILES string of the molecule is CN(C)c1ccc(C(CO)N2CCNCC2)cc1. The van der Waals surface area contributed by atoms with E-state index in [-0.39, 0.29) is 12.6 Å². The smallest absolute Gasteiger partial charge is 0.0628 e. The lowest BCUT2D eigenvalue weighted by molar-refractivity contribution is 0.111. The first-order chi connectivity index (χ1) is 8.72. The molecule has 0 aliphatic carbocycles. The van der Waals surface area contributed by atoms with Crippen LogP contribution in [0.15, 0.2) is 24.3 Å². The van der Waals surface area contributed by atoms with Gasteiger partial charge in [0.25, 0.3) is 0 Å². The second-order valence-electron chi connectivity index (χ2n) is 4.97. The van der Waals surface area contributed by atoms with Gasteiger partial charge >= 0.3 is 0 Å². The second-order valence-corrected chi connectivity index (χ2v) is 4.97. The minimum atomic E-state index is 0.128. The van der Waals surface area contributed by atoms with Crippen LogP contribution in [0.3, 0.4) is 0 Å². The first-order valence-corrected chi connectivity index (χ1v) is 6.55. The summed E-state index contributed by atoms with van der Waals surface area (Å²) in [7, 11) is 4.07. The molecule has 1 aliphatic rings. The normalized spacial score (nSPS) is 18.6. The van der Waals surface area contributed by atoms with Crippen molar-refractivity contribution >= 4 is 5.69 Å². The quantitative estimate of drug-likeness (QED) is 0.823. The van der Waals surface area contributed by atoms with Crippen LogP contribution in [-0.4, -0.2) is 56.9 Å². The molecule has 100 valence electrons. The number of nitrogens with one attached hydrogen (secondary N) is 1. The summed E-state index contributed by atoms with van der Waals surface area (Å²) in [4.78, 5) is 4.43. The molecular weight excluding hydrogens is 226 g/mol. The van der Waals surface area contributed by atoms with E-state index in [1.807, 2.05) is 14.1 Å². The summed E-state index contributed by atoms with van der Waals surface area (Å²) < 4.78 is 0. The molecule has 4 nitrogen and oxygen atoms in total. The van der Waals surface area contributed by atoms with Crippen LogP contribution in [0.5, 0.6) is 0 Å². The maximum atomic E-state index is 9.64. The molecule has 2 rings (SSSR count). The third kappa shape index (κ3) is 3.02. The number of benzene rings is 1. The zero-order valence-corrected chi connectivity index (χ0v) is 11.3. The Morgan fingerprint density at radius 3 is 2.33 bits per heavy atom. The average Bonchev–Trinajstić information content (AvgIpc) is 2.41. The molecule has 0 radical (unpaired) electrons. The van der Waals surface area contributed by atoms with Crippen LogP contribution in [-0.2, 0) is 0 Å². The summed E-state index contributed by atoms with van der Waals surface area (Å²) in [5, 5.41) is 13.0. The van der Waals surface area contributed by atoms with E-state index in [1.165, 1.54) is 11.3 Å². The van der Waals surface area contributed by atoms with E-state index in [0.29, 0.717) is 0 Å². The van der Waals surface area contributed by atoms with Crippen LogP contribution in [0.25, 0.3) is 0 Å². The fraction of sp³-hybridized carbons (Fsp3) is 0.571. The Labute approximate surface area is 109 Å². The van der Waals surface area contributed by atoms with Gasteiger partial charge in [0.1, 0.15) is 0 Å². The van der Waals surface area contributed by atoms with Crippen LogP contribution in [0.4, 0.5) is 5.69 Å². The van der Waals surface area contributed by atoms with Crippen LogP contribution >= 0.6 is 0 Å². The highest BCUT2D eigenvalue weighted by Gasteiger charge is 2.21. The van der Waals surface area contributed by atoms with Gasteiger partial charge in [-0.3, -0.25) is 4.90 Å². The Kier molecular flexibility index (Phi) is 4.58. The van der Waals surface area contributed by atoms with Crippen molar-refractivity contribution < 1.29 is 5.11 Å². The third-order valence-electron chi connectivity index (χ3n) is 3.56. The van der Waals surface area contributed by atoms with Crippen molar-refractivity contribution in [3.8, 4) is 0 Å². The molecule has 4 heteroatoms. The fourth-order valence-electron chi connectivity index (χ4n) is 2.42. The van der Waals surface area contributed by atoms with E-state index in [2.05, 4.69) is 39.4 Å². The van der Waals surface area contributed by atoms with Crippen LogP contribution in [0.2, 0.25) is 0 Å². The molecule has 1 saturated heterocycles. The fourth-order valence-corrected chi connectivity index (χ4v) is 2.42. The zero-order chi connectivity index (χ0) is 13.0. The Bertz CT molecular complexity index is 358. The lowest BCUT2D eigenvalue weighted by Gasteiger charge is -2.34. The Morgan fingerprint density at radius 2 is 1.83 bits per heavy atom. The molecular formula is C14H23N3O. The molecule has 0 spiro atoms. The molecule has 1 fully saturated rings. The van der Waals surface area contributed by atoms with Crippen molar-refractivity contribution in [2.24, 2.45) is 0 Å². The van der Waals surface area contributed by atoms with E-state index < -0.39 is 0 Å². The Hall–Kier alpha value is -1.10. The summed E-state index contributed by atoms with van der Waals surface area (Å²) >= 11 is 0. The summed E-state index contributed by atoms with van der Waals surface area (Å²) in [5.74, 6) is 0. The number of aliphatic hydroxyl groups is 1. The molecule has 0 saturated carbocycles. The van der Waals surface area contributed by atoms with Gasteiger partial charge in [0.2, 0.25) is 0 Å². The maximum absolute atomic E-state index is 9.64. The van der Waals surface area contributed by atoms with Crippen molar-refractivity contribution in [2.45, 2.75) is 6.04 Å². The molecule has 1 aromatic rings. The van der Waals surface area contributed by atoms with Crippen molar-refractivity contribution in [3.05, 3.63) is 29.8 Å². The van der Waals surface area contributed by atoms with Gasteiger partial charge in [-0.2, -0.15) is 0 Å². The first-order valence-electron chi connectivity index (χ1n) is 6.55. The topological polar surface area (TPSA) is 38.7 Å². The van der Waals surface area contributed by atoms with Crippen molar-refractivity contribution in [1.82, 2.24) is 10.2 Å². The van der Waals surface area contributed by atoms with E-state index >= 15 is 0 Å². The largest absolute Gasteiger partial charge is 0.394 e. The zero-order valence-electron chi connectivity index (χ0n) is 11.3. The minimum absolute atomic E-state index is 0.128. The molecule has 1 unspecified atom stereocenters. The molecule has 2 N–H and O–H groups in total. The first kappa shape index (κ1) is 13.3. The van der Waals surface area contributed by atoms with Crippen molar-refractivity contribution in [2.75, 3.05) is 51.8 Å². The highest BCUT2D eigenvalue weighted by molar-refractivity contribution is 5.46. The van der Waals surface area contributed by atoms with E-state index in [1.54, 1.807) is 0 Å². The summed E-state index contributed by atoms with van der Waals surface area (Å²) in [6, 6.07) is 8.60. The summed E-state index contributed by atoms with van der Waals surface area (Å²) in [5.41, 5.74) is 2.39. The van der Waals surface area contributed by atoms with Gasteiger partial charge in [-0.25, -0.2) is 0 Å². The number of anilines is 1. The van der Waals surface area contributed by atoms with Gasteiger partial charge < -0.3 is 15.3 Å². The van der Waals surface area contributed by atoms with Gasteiger partial charge in [0.05, 0.1) is 12.6 Å². The third-order valence-corrected chi connectivity index (χ3v) is 3.56. The number of hydrogen-bond acceptors (Lipinski definition) is 4. The van der Waals surface area contributed by atoms with Crippen molar-refractivity contribution in [1.29, 1.82) is 0 Å². The van der Waals surface area contributed by atoms with Crippen LogP contribution in [0.1, 0.15) is 11.6 Å². The second kappa shape index (κ2) is 6.18. The molecule has 1 aliphatic heterocycles. The van der Waals surface area contributed by atoms with E-state index in [4.69, 9.17) is 0 Å². The number of rotatable bonds is 4. The molecule has 0 amide bonds. The Morgan fingerprint density at radius 1 is 1.22 bits per heavy atom. The van der Waals surface area contributed by atoms with Crippen LogP contribution < -0.4 is 10.2 Å². The van der Waals surface area contributed by atoms with E-state index in [9.17, 15) is 5.11 Å². The standard InChI is InChI=1S/C14H23N3O/c1-16(2)13-5-3-12(4-6-13)14(11-18)17-9-7-15-8-10-17/h3-6,14-15,18H,7-11H2,1-2H3.